The van der Waals surface area contributed by atoms with Crippen LogP contribution in [0.4, 0.5) is 13.2 Å². The average Bonchev–Trinajstić information content (AvgIpc) is 2.55. The van der Waals surface area contributed by atoms with Gasteiger partial charge in [-0.25, -0.2) is 0 Å². The highest BCUT2D eigenvalue weighted by molar-refractivity contribution is 8.00. The van der Waals surface area contributed by atoms with Gasteiger partial charge in [0.1, 0.15) is 0 Å². The van der Waals surface area contributed by atoms with Crippen LogP contribution < -0.4 is 5.32 Å². The van der Waals surface area contributed by atoms with E-state index in [2.05, 4.69) is 5.32 Å². The lowest BCUT2D eigenvalue weighted by Gasteiger charge is -2.16. The van der Waals surface area contributed by atoms with Crippen LogP contribution in [0.25, 0.3) is 0 Å². The highest BCUT2D eigenvalue weighted by atomic mass is 32.2. The molecule has 2 nitrogen and oxygen atoms in total. The van der Waals surface area contributed by atoms with Crippen molar-refractivity contribution < 1.29 is 18.3 Å². The van der Waals surface area contributed by atoms with Crippen LogP contribution in [0.1, 0.15) is 12.8 Å². The zero-order valence-corrected chi connectivity index (χ0v) is 8.50. The van der Waals surface area contributed by atoms with Crippen LogP contribution in [-0.4, -0.2) is 41.5 Å². The van der Waals surface area contributed by atoms with Gasteiger partial charge in [0.25, 0.3) is 0 Å². The molecule has 1 fully saturated rings. The lowest BCUT2D eigenvalue weighted by molar-refractivity contribution is -0.201. The van der Waals surface area contributed by atoms with Crippen molar-refractivity contribution in [3.8, 4) is 0 Å². The number of thioether (sulfide) groups is 1. The predicted octanol–water partition coefficient (Wildman–Crippen LogP) is 1.39. The summed E-state index contributed by atoms with van der Waals surface area (Å²) in [4.78, 5) is 0. The van der Waals surface area contributed by atoms with E-state index in [1.807, 2.05) is 0 Å². The quantitative estimate of drug-likeness (QED) is 0.764. The Balaban J connectivity index is 2.08. The fourth-order valence-corrected chi connectivity index (χ4v) is 2.54. The Morgan fingerprint density at radius 1 is 1.50 bits per heavy atom. The van der Waals surface area contributed by atoms with Gasteiger partial charge in [0.05, 0.1) is 0 Å². The molecule has 0 aromatic heterocycles. The van der Waals surface area contributed by atoms with E-state index in [1.165, 1.54) is 0 Å². The largest absolute Gasteiger partial charge is 0.415 e. The van der Waals surface area contributed by atoms with E-state index in [0.717, 1.165) is 18.6 Å². The number of halogens is 3. The Morgan fingerprint density at radius 2 is 2.21 bits per heavy atom. The average molecular weight is 229 g/mol. The molecule has 1 rings (SSSR count). The molecule has 0 saturated carbocycles. The molecule has 1 aliphatic rings. The highest BCUT2D eigenvalue weighted by Gasteiger charge is 2.37. The van der Waals surface area contributed by atoms with E-state index in [9.17, 15) is 13.2 Å². The fourth-order valence-electron chi connectivity index (χ4n) is 1.30. The molecular weight excluding hydrogens is 215 g/mol. The predicted molar refractivity (Wildman–Crippen MR) is 50.4 cm³/mol. The minimum atomic E-state index is -4.50. The first-order valence-corrected chi connectivity index (χ1v) is 5.62. The monoisotopic (exact) mass is 229 g/mol. The Hall–Kier alpha value is 0.0600. The van der Waals surface area contributed by atoms with Crippen molar-refractivity contribution >= 4 is 11.8 Å². The molecule has 2 atom stereocenters. The summed E-state index contributed by atoms with van der Waals surface area (Å²) in [5, 5.41) is 11.7. The fraction of sp³-hybridized carbons (Fsp3) is 1.00. The van der Waals surface area contributed by atoms with Gasteiger partial charge in [-0.1, -0.05) is 0 Å². The first-order valence-electron chi connectivity index (χ1n) is 4.57. The second-order valence-corrected chi connectivity index (χ2v) is 4.76. The van der Waals surface area contributed by atoms with Crippen LogP contribution in [-0.2, 0) is 0 Å². The second-order valence-electron chi connectivity index (χ2n) is 3.35. The summed E-state index contributed by atoms with van der Waals surface area (Å²) in [6, 6.07) is 0. The molecule has 6 heteroatoms. The molecule has 0 spiro atoms. The zero-order chi connectivity index (χ0) is 10.6. The molecule has 0 radical (unpaired) electrons. The van der Waals surface area contributed by atoms with Crippen molar-refractivity contribution in [2.75, 3.05) is 18.8 Å². The van der Waals surface area contributed by atoms with Crippen molar-refractivity contribution in [1.82, 2.24) is 5.32 Å². The summed E-state index contributed by atoms with van der Waals surface area (Å²) < 4.78 is 35.6. The summed E-state index contributed by atoms with van der Waals surface area (Å²) in [7, 11) is 0. The molecule has 0 aromatic rings. The van der Waals surface area contributed by atoms with E-state index in [1.54, 1.807) is 11.8 Å². The van der Waals surface area contributed by atoms with E-state index < -0.39 is 18.8 Å². The smallest absolute Gasteiger partial charge is 0.382 e. The number of aliphatic hydroxyl groups is 1. The SMILES string of the molecule is OC(CNCC1CCCS1)C(F)(F)F. The summed E-state index contributed by atoms with van der Waals surface area (Å²) in [5.74, 6) is 1.09. The second kappa shape index (κ2) is 5.23. The van der Waals surface area contributed by atoms with Gasteiger partial charge in [-0.15, -0.1) is 0 Å². The Kier molecular flexibility index (Phi) is 4.53. The number of aliphatic hydroxyl groups excluding tert-OH is 1. The Morgan fingerprint density at radius 3 is 2.71 bits per heavy atom. The standard InChI is InChI=1S/C8H14F3NOS/c9-8(10,11)7(13)5-12-4-6-2-1-3-14-6/h6-7,12-13H,1-5H2. The molecule has 1 aliphatic heterocycles. The molecule has 0 bridgehead atoms. The number of hydrogen-bond acceptors (Lipinski definition) is 3. The number of alkyl halides is 3. The third kappa shape index (κ3) is 4.06. The van der Waals surface area contributed by atoms with Crippen LogP contribution >= 0.6 is 11.8 Å². The molecule has 0 aliphatic carbocycles. The first kappa shape index (κ1) is 12.1. The Labute approximate surface area is 85.3 Å². The van der Waals surface area contributed by atoms with Crippen molar-refractivity contribution in [3.05, 3.63) is 0 Å². The minimum Gasteiger partial charge on any atom is -0.382 e. The van der Waals surface area contributed by atoms with Crippen LogP contribution in [0.15, 0.2) is 0 Å². The molecular formula is C8H14F3NOS. The van der Waals surface area contributed by atoms with Gasteiger partial charge < -0.3 is 10.4 Å². The van der Waals surface area contributed by atoms with Crippen LogP contribution in [0.5, 0.6) is 0 Å². The maximum Gasteiger partial charge on any atom is 0.415 e. The number of rotatable bonds is 4. The number of nitrogens with one attached hydrogen (secondary N) is 1. The lowest BCUT2D eigenvalue weighted by Crippen LogP contribution is -2.40. The number of hydrogen-bond donors (Lipinski definition) is 2. The minimum absolute atomic E-state index is 0.402. The third-order valence-electron chi connectivity index (χ3n) is 2.11. The summed E-state index contributed by atoms with van der Waals surface area (Å²) in [6.07, 6.45) is -4.55. The van der Waals surface area contributed by atoms with Crippen molar-refractivity contribution in [1.29, 1.82) is 0 Å². The third-order valence-corrected chi connectivity index (χ3v) is 3.51. The normalized spacial score (nSPS) is 25.3. The van der Waals surface area contributed by atoms with Crippen molar-refractivity contribution in [3.63, 3.8) is 0 Å². The highest BCUT2D eigenvalue weighted by Crippen LogP contribution is 2.25. The van der Waals surface area contributed by atoms with Gasteiger partial charge >= 0.3 is 6.18 Å². The summed E-state index contributed by atoms with van der Waals surface area (Å²) in [5.41, 5.74) is 0. The van der Waals surface area contributed by atoms with Gasteiger partial charge in [-0.05, 0) is 18.6 Å². The van der Waals surface area contributed by atoms with Gasteiger partial charge in [0.2, 0.25) is 0 Å². The first-order chi connectivity index (χ1) is 6.50. The molecule has 0 amide bonds. The van der Waals surface area contributed by atoms with Crippen molar-refractivity contribution in [2.24, 2.45) is 0 Å². The summed E-state index contributed by atoms with van der Waals surface area (Å²) in [6.45, 7) is 0.151. The molecule has 1 heterocycles. The lowest BCUT2D eigenvalue weighted by atomic mass is 10.2. The summed E-state index contributed by atoms with van der Waals surface area (Å²) >= 11 is 1.78. The van der Waals surface area contributed by atoms with Gasteiger partial charge in [-0.2, -0.15) is 24.9 Å². The van der Waals surface area contributed by atoms with Crippen LogP contribution in [0.3, 0.4) is 0 Å². The topological polar surface area (TPSA) is 32.3 Å². The van der Waals surface area contributed by atoms with Crippen molar-refractivity contribution in [2.45, 2.75) is 30.4 Å². The molecule has 1 saturated heterocycles. The molecule has 2 unspecified atom stereocenters. The van der Waals surface area contributed by atoms with Gasteiger partial charge in [0.15, 0.2) is 6.10 Å². The van der Waals surface area contributed by atoms with Gasteiger partial charge in [0, 0.05) is 18.3 Å². The van der Waals surface area contributed by atoms with Gasteiger partial charge in [-0.3, -0.25) is 0 Å². The van der Waals surface area contributed by atoms with E-state index >= 15 is 0 Å². The molecule has 14 heavy (non-hydrogen) atoms. The molecule has 0 aromatic carbocycles. The van der Waals surface area contributed by atoms with E-state index in [4.69, 9.17) is 5.11 Å². The van der Waals surface area contributed by atoms with E-state index in [-0.39, 0.29) is 0 Å². The van der Waals surface area contributed by atoms with E-state index in [0.29, 0.717) is 11.8 Å². The maximum atomic E-state index is 11.9. The molecule has 2 N–H and O–H groups in total. The van der Waals surface area contributed by atoms with Crippen LogP contribution in [0, 0.1) is 0 Å². The Bertz CT molecular complexity index is 170. The molecule has 84 valence electrons. The zero-order valence-electron chi connectivity index (χ0n) is 7.68. The maximum absolute atomic E-state index is 11.9. The van der Waals surface area contributed by atoms with Crippen LogP contribution in [0.2, 0.25) is 0 Å².